The van der Waals surface area contributed by atoms with E-state index in [4.69, 9.17) is 28.9 Å². The fraction of sp³-hybridized carbons (Fsp3) is 0.120. The molecule has 6 rings (SSSR count). The lowest BCUT2D eigenvalue weighted by Crippen LogP contribution is -2.41. The van der Waals surface area contributed by atoms with Crippen molar-refractivity contribution in [2.75, 3.05) is 4.90 Å². The van der Waals surface area contributed by atoms with Crippen LogP contribution in [0.15, 0.2) is 79.3 Å². The van der Waals surface area contributed by atoms with Crippen LogP contribution in [0.3, 0.4) is 0 Å². The Bertz CT molecular complexity index is 1560. The zero-order chi connectivity index (χ0) is 24.2. The lowest BCUT2D eigenvalue weighted by Gasteiger charge is -2.35. The minimum atomic E-state index is -1.02. The Kier molecular flexibility index (Phi) is 5.10. The SMILES string of the molecule is Cn1cncc1C(N)(c1cccc(Cl)c1)c1ccc2c(c1)N(c1cccc(Cl)c1)Cc1nnnn1-2. The van der Waals surface area contributed by atoms with Gasteiger partial charge in [-0.15, -0.1) is 5.10 Å². The fourth-order valence-corrected chi connectivity index (χ4v) is 5.06. The summed E-state index contributed by atoms with van der Waals surface area (Å²) in [7, 11) is 1.93. The Labute approximate surface area is 211 Å². The lowest BCUT2D eigenvalue weighted by atomic mass is 9.80. The van der Waals surface area contributed by atoms with Crippen LogP contribution in [0.1, 0.15) is 22.6 Å². The first-order valence-electron chi connectivity index (χ1n) is 10.9. The fourth-order valence-electron chi connectivity index (χ4n) is 4.69. The Morgan fingerprint density at radius 2 is 1.69 bits per heavy atom. The largest absolute Gasteiger partial charge is 0.336 e. The number of imidazole rings is 1. The number of tetrazole rings is 1. The number of aromatic nitrogens is 6. The van der Waals surface area contributed by atoms with Crippen molar-refractivity contribution in [1.29, 1.82) is 0 Å². The number of aryl methyl sites for hydroxylation is 1. The van der Waals surface area contributed by atoms with E-state index in [1.165, 1.54) is 0 Å². The quantitative estimate of drug-likeness (QED) is 0.386. The Morgan fingerprint density at radius 1 is 0.914 bits per heavy atom. The highest BCUT2D eigenvalue weighted by atomic mass is 35.5. The van der Waals surface area contributed by atoms with Crippen molar-refractivity contribution < 1.29 is 0 Å². The molecule has 10 heteroatoms. The summed E-state index contributed by atoms with van der Waals surface area (Å²) in [4.78, 5) is 6.47. The van der Waals surface area contributed by atoms with Crippen molar-refractivity contribution in [2.45, 2.75) is 12.1 Å². The van der Waals surface area contributed by atoms with E-state index in [9.17, 15) is 0 Å². The third kappa shape index (κ3) is 3.49. The van der Waals surface area contributed by atoms with Crippen LogP contribution in [-0.4, -0.2) is 29.8 Å². The molecule has 8 nitrogen and oxygen atoms in total. The number of anilines is 2. The summed E-state index contributed by atoms with van der Waals surface area (Å²) in [5.41, 5.74) is 11.5. The number of nitrogens with zero attached hydrogens (tertiary/aromatic N) is 7. The van der Waals surface area contributed by atoms with Crippen molar-refractivity contribution in [2.24, 2.45) is 12.8 Å². The molecule has 0 fully saturated rings. The number of rotatable bonds is 4. The van der Waals surface area contributed by atoms with Crippen LogP contribution < -0.4 is 10.6 Å². The normalized spacial score (nSPS) is 14.3. The first-order valence-corrected chi connectivity index (χ1v) is 11.7. The van der Waals surface area contributed by atoms with Gasteiger partial charge in [-0.25, -0.2) is 4.98 Å². The molecule has 0 amide bonds. The molecule has 1 aliphatic heterocycles. The van der Waals surface area contributed by atoms with Crippen LogP contribution >= 0.6 is 23.2 Å². The van der Waals surface area contributed by atoms with Crippen molar-refractivity contribution >= 4 is 34.6 Å². The predicted octanol–water partition coefficient (Wildman–Crippen LogP) is 4.60. The van der Waals surface area contributed by atoms with E-state index in [0.29, 0.717) is 16.6 Å². The number of hydrogen-bond donors (Lipinski definition) is 1. The molecule has 1 unspecified atom stereocenters. The van der Waals surface area contributed by atoms with Gasteiger partial charge in [0, 0.05) is 22.8 Å². The summed E-state index contributed by atoms with van der Waals surface area (Å²) in [5, 5.41) is 13.6. The second-order valence-electron chi connectivity index (χ2n) is 8.48. The molecule has 0 radical (unpaired) electrons. The summed E-state index contributed by atoms with van der Waals surface area (Å²) in [6.45, 7) is 0.476. The molecule has 1 aliphatic rings. The zero-order valence-corrected chi connectivity index (χ0v) is 20.2. The Morgan fingerprint density at radius 3 is 2.43 bits per heavy atom. The van der Waals surface area contributed by atoms with Gasteiger partial charge < -0.3 is 15.2 Å². The summed E-state index contributed by atoms with van der Waals surface area (Å²) in [6.07, 6.45) is 3.53. The van der Waals surface area contributed by atoms with Crippen molar-refractivity contribution in [3.8, 4) is 5.69 Å². The van der Waals surface area contributed by atoms with Crippen LogP contribution in [0.5, 0.6) is 0 Å². The van der Waals surface area contributed by atoms with E-state index >= 15 is 0 Å². The molecule has 2 aromatic heterocycles. The Hall–Kier alpha value is -3.72. The third-order valence-electron chi connectivity index (χ3n) is 6.40. The van der Waals surface area contributed by atoms with Crippen LogP contribution in [0.4, 0.5) is 11.4 Å². The van der Waals surface area contributed by atoms with E-state index in [0.717, 1.165) is 39.7 Å². The molecule has 35 heavy (non-hydrogen) atoms. The molecule has 0 spiro atoms. The minimum Gasteiger partial charge on any atom is -0.336 e. The maximum absolute atomic E-state index is 7.29. The highest BCUT2D eigenvalue weighted by Crippen LogP contribution is 2.42. The van der Waals surface area contributed by atoms with Gasteiger partial charge in [-0.1, -0.05) is 47.5 Å². The maximum atomic E-state index is 7.29. The van der Waals surface area contributed by atoms with Gasteiger partial charge in [-0.2, -0.15) is 4.68 Å². The molecule has 3 aromatic carbocycles. The molecule has 0 aliphatic carbocycles. The highest BCUT2D eigenvalue weighted by molar-refractivity contribution is 6.31. The van der Waals surface area contributed by atoms with Gasteiger partial charge in [-0.05, 0) is 64.0 Å². The molecule has 0 bridgehead atoms. The Balaban J connectivity index is 1.60. The number of halogens is 2. The molecule has 2 N–H and O–H groups in total. The average molecular weight is 503 g/mol. The van der Waals surface area contributed by atoms with Gasteiger partial charge >= 0.3 is 0 Å². The van der Waals surface area contributed by atoms with Crippen LogP contribution in [0, 0.1) is 0 Å². The van der Waals surface area contributed by atoms with E-state index in [1.807, 2.05) is 72.3 Å². The second kappa shape index (κ2) is 8.20. The van der Waals surface area contributed by atoms with E-state index in [2.05, 4.69) is 31.5 Å². The van der Waals surface area contributed by atoms with Gasteiger partial charge in [0.2, 0.25) is 0 Å². The molecule has 5 aromatic rings. The lowest BCUT2D eigenvalue weighted by molar-refractivity contribution is 0.595. The molecule has 1 atom stereocenters. The number of benzene rings is 3. The standard InChI is InChI=1S/C25H20Cl2N8/c1-33-15-29-13-23(33)25(28,16-4-2-5-18(26)10-16)17-8-9-21-22(11-17)34(14-24-30-31-32-35(21)24)20-7-3-6-19(27)12-20/h2-13,15H,14,28H2,1H3. The number of nitrogens with two attached hydrogens (primary N) is 1. The summed E-state index contributed by atoms with van der Waals surface area (Å²) in [6, 6.07) is 21.4. The molecule has 0 saturated carbocycles. The monoisotopic (exact) mass is 502 g/mol. The van der Waals surface area contributed by atoms with Gasteiger partial charge in [0.05, 0.1) is 36.1 Å². The molecular formula is C25H20Cl2N8. The van der Waals surface area contributed by atoms with Crippen molar-refractivity contribution in [3.63, 3.8) is 0 Å². The molecule has 174 valence electrons. The van der Waals surface area contributed by atoms with Gasteiger partial charge in [0.15, 0.2) is 5.82 Å². The number of hydrogen-bond acceptors (Lipinski definition) is 6. The predicted molar refractivity (Wildman–Crippen MR) is 135 cm³/mol. The maximum Gasteiger partial charge on any atom is 0.176 e. The van der Waals surface area contributed by atoms with E-state index < -0.39 is 5.54 Å². The zero-order valence-electron chi connectivity index (χ0n) is 18.7. The van der Waals surface area contributed by atoms with Gasteiger partial charge in [0.25, 0.3) is 0 Å². The first-order chi connectivity index (χ1) is 16.9. The third-order valence-corrected chi connectivity index (χ3v) is 6.87. The van der Waals surface area contributed by atoms with E-state index in [1.54, 1.807) is 17.2 Å². The second-order valence-corrected chi connectivity index (χ2v) is 9.36. The van der Waals surface area contributed by atoms with Gasteiger partial charge in [-0.3, -0.25) is 0 Å². The first kappa shape index (κ1) is 21.8. The summed E-state index contributed by atoms with van der Waals surface area (Å²) >= 11 is 12.7. The average Bonchev–Trinajstić information content (AvgIpc) is 3.52. The summed E-state index contributed by atoms with van der Waals surface area (Å²) < 4.78 is 3.68. The van der Waals surface area contributed by atoms with Crippen LogP contribution in [-0.2, 0) is 19.1 Å². The molecule has 3 heterocycles. The van der Waals surface area contributed by atoms with Crippen LogP contribution in [0.25, 0.3) is 5.69 Å². The van der Waals surface area contributed by atoms with Crippen molar-refractivity contribution in [3.05, 3.63) is 112 Å². The van der Waals surface area contributed by atoms with E-state index in [-0.39, 0.29) is 0 Å². The minimum absolute atomic E-state index is 0.476. The van der Waals surface area contributed by atoms with Gasteiger partial charge in [0.1, 0.15) is 5.54 Å². The number of fused-ring (bicyclic) bond motifs is 3. The topological polar surface area (TPSA) is 90.7 Å². The van der Waals surface area contributed by atoms with Crippen LogP contribution in [0.2, 0.25) is 10.0 Å². The molecule has 0 saturated heterocycles. The highest BCUT2D eigenvalue weighted by Gasteiger charge is 2.37. The summed E-state index contributed by atoms with van der Waals surface area (Å²) in [5.74, 6) is 0.728. The van der Waals surface area contributed by atoms with Crippen molar-refractivity contribution in [1.82, 2.24) is 29.8 Å². The smallest absolute Gasteiger partial charge is 0.176 e. The molecular weight excluding hydrogens is 483 g/mol.